The van der Waals surface area contributed by atoms with E-state index in [4.69, 9.17) is 4.74 Å². The van der Waals surface area contributed by atoms with Gasteiger partial charge in [-0.2, -0.15) is 0 Å². The maximum Gasteiger partial charge on any atom is 0.408 e. The zero-order valence-electron chi connectivity index (χ0n) is 22.3. The van der Waals surface area contributed by atoms with Crippen molar-refractivity contribution in [3.63, 3.8) is 0 Å². The largest absolute Gasteiger partial charge is 0.444 e. The van der Waals surface area contributed by atoms with Crippen LogP contribution in [0.4, 0.5) is 4.79 Å². The van der Waals surface area contributed by atoms with E-state index in [1.165, 1.54) is 0 Å². The van der Waals surface area contributed by atoms with E-state index >= 15 is 0 Å². The van der Waals surface area contributed by atoms with E-state index in [2.05, 4.69) is 16.7 Å². The molecular formula is C27H43N3O4. The van der Waals surface area contributed by atoms with Gasteiger partial charge in [0.1, 0.15) is 17.7 Å². The molecule has 34 heavy (non-hydrogen) atoms. The number of nitrogens with zero attached hydrogens (tertiary/aromatic N) is 1. The van der Waals surface area contributed by atoms with Gasteiger partial charge < -0.3 is 20.3 Å². The molecule has 0 bridgehead atoms. The Morgan fingerprint density at radius 2 is 1.53 bits per heavy atom. The molecule has 1 fully saturated rings. The van der Waals surface area contributed by atoms with Crippen LogP contribution in [0.5, 0.6) is 0 Å². The first-order chi connectivity index (χ1) is 15.7. The molecule has 2 atom stereocenters. The maximum atomic E-state index is 14.1. The number of hydrogen-bond acceptors (Lipinski definition) is 4. The molecule has 0 saturated heterocycles. The minimum atomic E-state index is -0.810. The molecule has 0 heterocycles. The third kappa shape index (κ3) is 7.47. The molecule has 1 aromatic carbocycles. The Morgan fingerprint density at radius 1 is 0.971 bits per heavy atom. The number of benzene rings is 1. The van der Waals surface area contributed by atoms with Gasteiger partial charge in [-0.05, 0) is 79.2 Å². The quantitative estimate of drug-likeness (QED) is 0.568. The summed E-state index contributed by atoms with van der Waals surface area (Å²) in [7, 11) is 0. The van der Waals surface area contributed by atoms with Gasteiger partial charge in [0.05, 0.1) is 0 Å². The molecule has 0 aliphatic heterocycles. The van der Waals surface area contributed by atoms with Crippen molar-refractivity contribution in [1.82, 2.24) is 15.5 Å². The summed E-state index contributed by atoms with van der Waals surface area (Å²) in [4.78, 5) is 41.9. The second kappa shape index (κ2) is 11.2. The van der Waals surface area contributed by atoms with Crippen LogP contribution in [-0.2, 0) is 14.3 Å². The summed E-state index contributed by atoms with van der Waals surface area (Å²) < 4.78 is 5.43. The van der Waals surface area contributed by atoms with E-state index in [0.29, 0.717) is 0 Å². The number of alkyl carbamates (subject to hydrolysis) is 1. The van der Waals surface area contributed by atoms with Crippen LogP contribution in [-0.4, -0.2) is 46.5 Å². The molecule has 7 nitrogen and oxygen atoms in total. The van der Waals surface area contributed by atoms with Crippen LogP contribution in [0.25, 0.3) is 0 Å². The van der Waals surface area contributed by atoms with Crippen molar-refractivity contribution in [3.8, 4) is 0 Å². The predicted molar refractivity (Wildman–Crippen MR) is 134 cm³/mol. The van der Waals surface area contributed by atoms with Crippen molar-refractivity contribution in [2.75, 3.05) is 0 Å². The highest BCUT2D eigenvalue weighted by Crippen LogP contribution is 2.35. The van der Waals surface area contributed by atoms with Crippen molar-refractivity contribution in [3.05, 3.63) is 34.9 Å². The standard InChI is InChI=1S/C27H43N3O4/c1-16(2)22(29-26(33)34-27(7,8)9)25(32)30(21-11-10-12-21)23(24(31)28-17(3)4)20-14-18(5)13-19(6)15-20/h13-17,21-23H,10-12H2,1-9H3,(H,28,31)(H,29,33). The van der Waals surface area contributed by atoms with E-state index < -0.39 is 23.8 Å². The van der Waals surface area contributed by atoms with Crippen molar-refractivity contribution in [1.29, 1.82) is 0 Å². The number of amides is 3. The first-order valence-corrected chi connectivity index (χ1v) is 12.4. The second-order valence-corrected chi connectivity index (χ2v) is 11.2. The Labute approximate surface area is 205 Å². The van der Waals surface area contributed by atoms with E-state index in [-0.39, 0.29) is 29.8 Å². The number of nitrogens with one attached hydrogen (secondary N) is 2. The van der Waals surface area contributed by atoms with Gasteiger partial charge in [-0.25, -0.2) is 4.79 Å². The highest BCUT2D eigenvalue weighted by atomic mass is 16.6. The molecule has 2 N–H and O–H groups in total. The summed E-state index contributed by atoms with van der Waals surface area (Å²) in [6.07, 6.45) is 2.03. The Morgan fingerprint density at radius 3 is 1.94 bits per heavy atom. The average molecular weight is 474 g/mol. The molecule has 190 valence electrons. The van der Waals surface area contributed by atoms with Crippen LogP contribution in [0.1, 0.15) is 90.5 Å². The summed E-state index contributed by atoms with van der Waals surface area (Å²) in [6, 6.07) is 4.29. The third-order valence-corrected chi connectivity index (χ3v) is 5.84. The Bertz CT molecular complexity index is 864. The van der Waals surface area contributed by atoms with Gasteiger partial charge in [-0.1, -0.05) is 43.2 Å². The lowest BCUT2D eigenvalue weighted by molar-refractivity contribution is -0.148. The molecule has 1 aliphatic rings. The molecule has 2 rings (SSSR count). The molecule has 0 spiro atoms. The van der Waals surface area contributed by atoms with Crippen molar-refractivity contribution >= 4 is 17.9 Å². The smallest absolute Gasteiger partial charge is 0.408 e. The fourth-order valence-electron chi connectivity index (χ4n) is 4.26. The number of carbonyl (C=O) groups excluding carboxylic acids is 3. The van der Waals surface area contributed by atoms with Gasteiger partial charge >= 0.3 is 6.09 Å². The highest BCUT2D eigenvalue weighted by molar-refractivity contribution is 5.92. The predicted octanol–water partition coefficient (Wildman–Crippen LogP) is 4.80. The van der Waals surface area contributed by atoms with Crippen molar-refractivity contribution in [2.45, 2.75) is 111 Å². The summed E-state index contributed by atoms with van der Waals surface area (Å²) >= 11 is 0. The van der Waals surface area contributed by atoms with Gasteiger partial charge in [-0.3, -0.25) is 9.59 Å². The van der Waals surface area contributed by atoms with E-state index in [0.717, 1.165) is 36.0 Å². The SMILES string of the molecule is Cc1cc(C)cc(C(C(=O)NC(C)C)N(C(=O)C(NC(=O)OC(C)(C)C)C(C)C)C2CCC2)c1. The second-order valence-electron chi connectivity index (χ2n) is 11.2. The number of hydrogen-bond donors (Lipinski definition) is 2. The van der Waals surface area contributed by atoms with Crippen LogP contribution >= 0.6 is 0 Å². The Hall–Kier alpha value is -2.57. The topological polar surface area (TPSA) is 87.7 Å². The molecule has 1 aromatic rings. The molecular weight excluding hydrogens is 430 g/mol. The first-order valence-electron chi connectivity index (χ1n) is 12.4. The normalized spacial score (nSPS) is 16.0. The number of carbonyl (C=O) groups is 3. The first kappa shape index (κ1) is 27.7. The zero-order valence-corrected chi connectivity index (χ0v) is 22.3. The fraction of sp³-hybridized carbons (Fsp3) is 0.667. The third-order valence-electron chi connectivity index (χ3n) is 5.84. The number of aryl methyl sites for hydroxylation is 2. The van der Waals surface area contributed by atoms with E-state index in [9.17, 15) is 14.4 Å². The van der Waals surface area contributed by atoms with Crippen molar-refractivity contribution in [2.24, 2.45) is 5.92 Å². The van der Waals surface area contributed by atoms with E-state index in [1.54, 1.807) is 25.7 Å². The van der Waals surface area contributed by atoms with Crippen LogP contribution in [0.3, 0.4) is 0 Å². The molecule has 0 aromatic heterocycles. The molecule has 0 radical (unpaired) electrons. The van der Waals surface area contributed by atoms with Gasteiger partial charge in [0, 0.05) is 12.1 Å². The Kier molecular flexibility index (Phi) is 9.15. The summed E-state index contributed by atoms with van der Waals surface area (Å²) in [5.41, 5.74) is 2.17. The molecule has 2 unspecified atom stereocenters. The lowest BCUT2D eigenvalue weighted by Crippen LogP contribution is -2.59. The average Bonchev–Trinajstić information content (AvgIpc) is 2.60. The van der Waals surface area contributed by atoms with E-state index in [1.807, 2.05) is 53.7 Å². The van der Waals surface area contributed by atoms with Crippen LogP contribution < -0.4 is 10.6 Å². The lowest BCUT2D eigenvalue weighted by Gasteiger charge is -2.44. The van der Waals surface area contributed by atoms with Gasteiger partial charge in [0.15, 0.2) is 0 Å². The maximum absolute atomic E-state index is 14.1. The highest BCUT2D eigenvalue weighted by Gasteiger charge is 2.42. The molecule has 3 amide bonds. The minimum absolute atomic E-state index is 0.0575. The van der Waals surface area contributed by atoms with Gasteiger partial charge in [0.25, 0.3) is 0 Å². The minimum Gasteiger partial charge on any atom is -0.444 e. The molecule has 7 heteroatoms. The Balaban J connectivity index is 2.51. The summed E-state index contributed by atoms with van der Waals surface area (Å²) in [5.74, 6) is -0.649. The van der Waals surface area contributed by atoms with Gasteiger partial charge in [-0.15, -0.1) is 0 Å². The van der Waals surface area contributed by atoms with Crippen LogP contribution in [0.2, 0.25) is 0 Å². The number of ether oxygens (including phenoxy) is 1. The zero-order chi connectivity index (χ0) is 25.8. The van der Waals surface area contributed by atoms with Gasteiger partial charge in [0.2, 0.25) is 11.8 Å². The monoisotopic (exact) mass is 473 g/mol. The lowest BCUT2D eigenvalue weighted by atomic mass is 9.86. The number of rotatable bonds is 8. The fourth-order valence-corrected chi connectivity index (χ4v) is 4.26. The van der Waals surface area contributed by atoms with Crippen LogP contribution in [0.15, 0.2) is 18.2 Å². The molecule has 1 aliphatic carbocycles. The van der Waals surface area contributed by atoms with Crippen LogP contribution in [0, 0.1) is 19.8 Å². The summed E-state index contributed by atoms with van der Waals surface area (Å²) in [6.45, 7) is 16.9. The van der Waals surface area contributed by atoms with Crippen molar-refractivity contribution < 1.29 is 19.1 Å². The molecule has 1 saturated carbocycles. The summed E-state index contributed by atoms with van der Waals surface area (Å²) in [5, 5.41) is 5.79.